The van der Waals surface area contributed by atoms with Gasteiger partial charge >= 0.3 is 0 Å². The topological polar surface area (TPSA) is 40.5 Å². The van der Waals surface area contributed by atoms with Crippen molar-refractivity contribution in [3.05, 3.63) is 35.5 Å². The lowest BCUT2D eigenvalue weighted by Gasteiger charge is -2.56. The van der Waals surface area contributed by atoms with Gasteiger partial charge in [0.25, 0.3) is 0 Å². The Kier molecular flexibility index (Phi) is 2.92. The van der Waals surface area contributed by atoms with E-state index in [-0.39, 0.29) is 10.8 Å². The summed E-state index contributed by atoms with van der Waals surface area (Å²) in [7, 11) is 0. The number of hydrogen-bond acceptors (Lipinski definition) is 2. The molecular weight excluding hydrogens is 272 g/mol. The molecule has 2 nitrogen and oxygen atoms in total. The fourth-order valence-corrected chi connectivity index (χ4v) is 6.16. The molecule has 0 heterocycles. The Labute approximate surface area is 133 Å². The molecule has 0 bridgehead atoms. The van der Waals surface area contributed by atoms with Crippen LogP contribution in [0.5, 0.6) is 0 Å². The Morgan fingerprint density at radius 2 is 1.82 bits per heavy atom. The summed E-state index contributed by atoms with van der Waals surface area (Å²) in [6.45, 7) is 6.76. The second-order valence-corrected chi connectivity index (χ2v) is 8.52. The van der Waals surface area contributed by atoms with Crippen molar-refractivity contribution in [2.24, 2.45) is 28.6 Å². The Hall–Kier alpha value is -0.860. The van der Waals surface area contributed by atoms with Crippen molar-refractivity contribution in [2.75, 3.05) is 0 Å². The molecule has 2 heteroatoms. The van der Waals surface area contributed by atoms with Crippen LogP contribution < -0.4 is 0 Å². The summed E-state index contributed by atoms with van der Waals surface area (Å²) in [5, 5.41) is 21.1. The third-order valence-corrected chi connectivity index (χ3v) is 7.62. The van der Waals surface area contributed by atoms with E-state index < -0.39 is 5.79 Å². The van der Waals surface area contributed by atoms with E-state index in [1.165, 1.54) is 11.1 Å². The second-order valence-electron chi connectivity index (χ2n) is 8.52. The summed E-state index contributed by atoms with van der Waals surface area (Å²) in [4.78, 5) is 0. The second kappa shape index (κ2) is 4.36. The lowest BCUT2D eigenvalue weighted by Crippen LogP contribution is -2.54. The number of aliphatic hydroxyl groups is 2. The number of allylic oxidation sites excluding steroid dienone is 6. The van der Waals surface area contributed by atoms with E-state index in [0.717, 1.165) is 25.7 Å². The van der Waals surface area contributed by atoms with Crippen LogP contribution in [0, 0.1) is 28.6 Å². The summed E-state index contributed by atoms with van der Waals surface area (Å²) >= 11 is 0. The molecule has 0 saturated heterocycles. The van der Waals surface area contributed by atoms with Crippen LogP contribution in [0.2, 0.25) is 0 Å². The minimum absolute atomic E-state index is 0.139. The Bertz CT molecular complexity index is 597. The van der Waals surface area contributed by atoms with Gasteiger partial charge in [-0.2, -0.15) is 0 Å². The van der Waals surface area contributed by atoms with Gasteiger partial charge in [0.1, 0.15) is 0 Å². The molecule has 0 amide bonds. The molecule has 0 spiro atoms. The fourth-order valence-electron chi connectivity index (χ4n) is 6.16. The van der Waals surface area contributed by atoms with E-state index in [9.17, 15) is 10.2 Å². The molecular formula is C20H28O2. The van der Waals surface area contributed by atoms with Crippen molar-refractivity contribution >= 4 is 0 Å². The zero-order valence-corrected chi connectivity index (χ0v) is 14.0. The summed E-state index contributed by atoms with van der Waals surface area (Å²) in [6.07, 6.45) is 14.0. The third-order valence-electron chi connectivity index (χ3n) is 7.62. The number of rotatable bonds is 0. The highest BCUT2D eigenvalue weighted by Gasteiger charge is 2.63. The van der Waals surface area contributed by atoms with Gasteiger partial charge in [0, 0.05) is 17.3 Å². The fraction of sp³-hybridized carbons (Fsp3) is 0.700. The molecule has 0 unspecified atom stereocenters. The van der Waals surface area contributed by atoms with Gasteiger partial charge in [0.05, 0.1) is 0 Å². The quantitative estimate of drug-likeness (QED) is 0.525. The van der Waals surface area contributed by atoms with Gasteiger partial charge < -0.3 is 10.2 Å². The molecule has 0 aliphatic heterocycles. The van der Waals surface area contributed by atoms with Gasteiger partial charge in [-0.05, 0) is 55.9 Å². The predicted octanol–water partition coefficient (Wildman–Crippen LogP) is 3.96. The van der Waals surface area contributed by atoms with E-state index in [0.29, 0.717) is 24.2 Å². The molecule has 0 radical (unpaired) electrons. The molecule has 0 aromatic rings. The zero-order chi connectivity index (χ0) is 15.8. The highest BCUT2D eigenvalue weighted by Crippen LogP contribution is 2.66. The van der Waals surface area contributed by atoms with Crippen LogP contribution in [0.1, 0.15) is 52.9 Å². The maximum Gasteiger partial charge on any atom is 0.168 e. The SMILES string of the molecule is CC1=CC2=CCC=C[C@]2(C)[C@@H]2CC[C@@]3(C)[C@@H](CCC3(O)O)[C@H]12. The van der Waals surface area contributed by atoms with Crippen molar-refractivity contribution in [1.29, 1.82) is 0 Å². The van der Waals surface area contributed by atoms with Crippen molar-refractivity contribution in [1.82, 2.24) is 0 Å². The van der Waals surface area contributed by atoms with Gasteiger partial charge in [0.2, 0.25) is 0 Å². The van der Waals surface area contributed by atoms with E-state index >= 15 is 0 Å². The summed E-state index contributed by atoms with van der Waals surface area (Å²) in [5.41, 5.74) is 2.73. The molecule has 2 N–H and O–H groups in total. The van der Waals surface area contributed by atoms with Crippen molar-refractivity contribution in [3.63, 3.8) is 0 Å². The molecule has 4 aliphatic rings. The van der Waals surface area contributed by atoms with Crippen molar-refractivity contribution in [3.8, 4) is 0 Å². The van der Waals surface area contributed by atoms with Crippen molar-refractivity contribution in [2.45, 2.75) is 58.7 Å². The molecule has 2 fully saturated rings. The smallest absolute Gasteiger partial charge is 0.168 e. The van der Waals surface area contributed by atoms with Crippen LogP contribution in [-0.4, -0.2) is 16.0 Å². The maximum atomic E-state index is 10.5. The van der Waals surface area contributed by atoms with Crippen LogP contribution in [-0.2, 0) is 0 Å². The lowest BCUT2D eigenvalue weighted by atomic mass is 9.48. The Morgan fingerprint density at radius 3 is 2.59 bits per heavy atom. The normalized spacial score (nSPS) is 48.9. The first-order chi connectivity index (χ1) is 10.3. The van der Waals surface area contributed by atoms with E-state index in [1.807, 2.05) is 0 Å². The molecule has 4 aliphatic carbocycles. The summed E-state index contributed by atoms with van der Waals surface area (Å²) in [6, 6.07) is 0. The standard InChI is InChI=1S/C20H28O2/c1-13-12-14-6-4-5-9-18(14,2)15-7-10-19(3)16(17(13)15)8-11-20(19,21)22/h5-6,9,12,15-17,21-22H,4,7-8,10-11H2,1-3H3/t15-,16+,17-,18+,19+/m1/s1. The lowest BCUT2D eigenvalue weighted by molar-refractivity contribution is -0.243. The molecule has 120 valence electrons. The van der Waals surface area contributed by atoms with Crippen molar-refractivity contribution < 1.29 is 10.2 Å². The van der Waals surface area contributed by atoms with Crippen LogP contribution in [0.3, 0.4) is 0 Å². The molecule has 0 aromatic heterocycles. The predicted molar refractivity (Wildman–Crippen MR) is 87.9 cm³/mol. The van der Waals surface area contributed by atoms with Gasteiger partial charge in [-0.1, -0.05) is 43.7 Å². The first kappa shape index (κ1) is 14.7. The highest BCUT2D eigenvalue weighted by atomic mass is 16.5. The van der Waals surface area contributed by atoms with Crippen LogP contribution >= 0.6 is 0 Å². The molecule has 5 atom stereocenters. The van der Waals surface area contributed by atoms with Gasteiger partial charge in [-0.3, -0.25) is 0 Å². The monoisotopic (exact) mass is 300 g/mol. The average Bonchev–Trinajstić information content (AvgIpc) is 2.70. The minimum atomic E-state index is -1.48. The molecule has 4 rings (SSSR count). The average molecular weight is 300 g/mol. The summed E-state index contributed by atoms with van der Waals surface area (Å²) in [5.74, 6) is 0.00538. The van der Waals surface area contributed by atoms with E-state index in [2.05, 4.69) is 45.1 Å². The first-order valence-corrected chi connectivity index (χ1v) is 8.81. The number of hydrogen-bond donors (Lipinski definition) is 2. The highest BCUT2D eigenvalue weighted by molar-refractivity contribution is 5.43. The van der Waals surface area contributed by atoms with E-state index in [1.54, 1.807) is 0 Å². The van der Waals surface area contributed by atoms with Gasteiger partial charge in [0.15, 0.2) is 5.79 Å². The Morgan fingerprint density at radius 1 is 1.09 bits per heavy atom. The van der Waals surface area contributed by atoms with Crippen LogP contribution in [0.25, 0.3) is 0 Å². The molecule has 22 heavy (non-hydrogen) atoms. The molecule has 2 saturated carbocycles. The van der Waals surface area contributed by atoms with Crippen LogP contribution in [0.4, 0.5) is 0 Å². The minimum Gasteiger partial charge on any atom is -0.365 e. The van der Waals surface area contributed by atoms with Gasteiger partial charge in [-0.25, -0.2) is 0 Å². The van der Waals surface area contributed by atoms with Gasteiger partial charge in [-0.15, -0.1) is 0 Å². The summed E-state index contributed by atoms with van der Waals surface area (Å²) < 4.78 is 0. The first-order valence-electron chi connectivity index (χ1n) is 8.81. The largest absolute Gasteiger partial charge is 0.365 e. The number of fused-ring (bicyclic) bond motifs is 5. The zero-order valence-electron chi connectivity index (χ0n) is 14.0. The van der Waals surface area contributed by atoms with Crippen LogP contribution in [0.15, 0.2) is 35.5 Å². The Balaban J connectivity index is 1.82. The molecule has 0 aromatic carbocycles. The maximum absolute atomic E-state index is 10.5. The van der Waals surface area contributed by atoms with E-state index in [4.69, 9.17) is 0 Å². The third kappa shape index (κ3) is 1.63.